The molecule has 0 aliphatic heterocycles. The Morgan fingerprint density at radius 2 is 1.87 bits per heavy atom. The molecule has 2 amide bonds. The van der Waals surface area contributed by atoms with Gasteiger partial charge in [0.25, 0.3) is 5.91 Å². The maximum atomic E-state index is 12.0. The Morgan fingerprint density at radius 1 is 1.17 bits per heavy atom. The van der Waals surface area contributed by atoms with Crippen molar-refractivity contribution in [3.8, 4) is 0 Å². The summed E-state index contributed by atoms with van der Waals surface area (Å²) in [5, 5.41) is 2.81. The van der Waals surface area contributed by atoms with Crippen LogP contribution in [0.2, 0.25) is 0 Å². The Kier molecular flexibility index (Phi) is 5.46. The maximum absolute atomic E-state index is 12.0. The quantitative estimate of drug-likeness (QED) is 0.922. The zero-order valence-electron chi connectivity index (χ0n) is 13.7. The van der Waals surface area contributed by atoms with Crippen molar-refractivity contribution in [1.29, 1.82) is 0 Å². The van der Waals surface area contributed by atoms with Crippen LogP contribution < -0.4 is 10.2 Å². The number of aryl methyl sites for hydroxylation is 2. The van der Waals surface area contributed by atoms with Gasteiger partial charge in [-0.3, -0.25) is 14.6 Å². The van der Waals surface area contributed by atoms with E-state index in [2.05, 4.69) is 16.4 Å². The Bertz CT molecular complexity index is 678. The number of benzene rings is 1. The lowest BCUT2D eigenvalue weighted by Gasteiger charge is -2.22. The molecule has 0 saturated heterocycles. The van der Waals surface area contributed by atoms with Crippen LogP contribution in [0.15, 0.2) is 42.7 Å². The molecular formula is C18H21N3O2. The molecule has 2 rings (SSSR count). The first kappa shape index (κ1) is 16.7. The molecule has 0 spiro atoms. The van der Waals surface area contributed by atoms with Gasteiger partial charge in [0.1, 0.15) is 0 Å². The first-order chi connectivity index (χ1) is 11.0. The lowest BCUT2D eigenvalue weighted by molar-refractivity contribution is -0.116. The zero-order chi connectivity index (χ0) is 16.8. The van der Waals surface area contributed by atoms with E-state index in [-0.39, 0.29) is 11.8 Å². The third kappa shape index (κ3) is 4.64. The lowest BCUT2D eigenvalue weighted by atomic mass is 10.1. The Hall–Kier alpha value is -2.69. The van der Waals surface area contributed by atoms with Gasteiger partial charge in [-0.05, 0) is 49.2 Å². The minimum Gasteiger partial charge on any atom is -0.350 e. The third-order valence-corrected chi connectivity index (χ3v) is 3.44. The van der Waals surface area contributed by atoms with Crippen molar-refractivity contribution < 1.29 is 9.59 Å². The van der Waals surface area contributed by atoms with E-state index in [0.29, 0.717) is 18.7 Å². The first-order valence-electron chi connectivity index (χ1n) is 7.52. The van der Waals surface area contributed by atoms with E-state index in [1.165, 1.54) is 13.1 Å². The van der Waals surface area contributed by atoms with Crippen LogP contribution >= 0.6 is 0 Å². The second-order valence-electron chi connectivity index (χ2n) is 5.51. The number of anilines is 1. The summed E-state index contributed by atoms with van der Waals surface area (Å²) >= 11 is 0. The van der Waals surface area contributed by atoms with Gasteiger partial charge in [0, 0.05) is 38.1 Å². The van der Waals surface area contributed by atoms with Crippen LogP contribution in [0, 0.1) is 13.8 Å². The molecule has 0 bridgehead atoms. The van der Waals surface area contributed by atoms with Gasteiger partial charge in [-0.1, -0.05) is 6.07 Å². The minimum atomic E-state index is -0.193. The summed E-state index contributed by atoms with van der Waals surface area (Å²) in [5.74, 6) is -0.243. The summed E-state index contributed by atoms with van der Waals surface area (Å²) in [6, 6.07) is 9.42. The molecule has 1 N–H and O–H groups in total. The third-order valence-electron chi connectivity index (χ3n) is 3.44. The van der Waals surface area contributed by atoms with Crippen molar-refractivity contribution in [2.45, 2.75) is 20.8 Å². The summed E-state index contributed by atoms with van der Waals surface area (Å²) < 4.78 is 0. The van der Waals surface area contributed by atoms with E-state index in [0.717, 1.165) is 16.8 Å². The monoisotopic (exact) mass is 311 g/mol. The van der Waals surface area contributed by atoms with Crippen LogP contribution in [0.3, 0.4) is 0 Å². The highest BCUT2D eigenvalue weighted by Crippen LogP contribution is 2.18. The minimum absolute atomic E-state index is 0.0503. The number of pyridine rings is 1. The number of carbonyl (C=O) groups excluding carboxylic acids is 2. The van der Waals surface area contributed by atoms with Gasteiger partial charge < -0.3 is 10.2 Å². The van der Waals surface area contributed by atoms with E-state index in [4.69, 9.17) is 0 Å². The molecule has 0 unspecified atom stereocenters. The van der Waals surface area contributed by atoms with Crippen LogP contribution in [0.4, 0.5) is 5.69 Å². The smallest absolute Gasteiger partial charge is 0.252 e. The largest absolute Gasteiger partial charge is 0.350 e. The summed E-state index contributed by atoms with van der Waals surface area (Å²) in [5.41, 5.74) is 3.56. The van der Waals surface area contributed by atoms with Crippen LogP contribution in [-0.4, -0.2) is 29.9 Å². The molecule has 5 heteroatoms. The van der Waals surface area contributed by atoms with Crippen molar-refractivity contribution in [3.63, 3.8) is 0 Å². The molecule has 0 aliphatic carbocycles. The molecule has 0 saturated carbocycles. The average Bonchev–Trinajstić information content (AvgIpc) is 2.50. The van der Waals surface area contributed by atoms with Gasteiger partial charge in [0.2, 0.25) is 5.91 Å². The van der Waals surface area contributed by atoms with Crippen molar-refractivity contribution in [3.05, 3.63) is 59.4 Å². The van der Waals surface area contributed by atoms with Gasteiger partial charge in [0.15, 0.2) is 0 Å². The highest BCUT2D eigenvalue weighted by Gasteiger charge is 2.13. The second kappa shape index (κ2) is 7.54. The number of rotatable bonds is 5. The highest BCUT2D eigenvalue weighted by molar-refractivity contribution is 5.94. The van der Waals surface area contributed by atoms with E-state index in [1.54, 1.807) is 23.2 Å². The standard InChI is InChI=1S/C18H21N3O2/c1-13-9-14(2)11-17(10-13)21(15(3)22)8-7-20-18(23)16-5-4-6-19-12-16/h4-6,9-12H,7-8H2,1-3H3,(H,20,23). The molecule has 0 radical (unpaired) electrons. The number of nitrogens with one attached hydrogen (secondary N) is 1. The average molecular weight is 311 g/mol. The van der Waals surface area contributed by atoms with Gasteiger partial charge in [0.05, 0.1) is 5.56 Å². The number of carbonyl (C=O) groups is 2. The summed E-state index contributed by atoms with van der Waals surface area (Å²) in [4.78, 5) is 29.5. The normalized spacial score (nSPS) is 10.2. The van der Waals surface area contributed by atoms with Crippen molar-refractivity contribution in [1.82, 2.24) is 10.3 Å². The molecule has 2 aromatic rings. The molecule has 1 aromatic heterocycles. The molecule has 1 heterocycles. The van der Waals surface area contributed by atoms with Gasteiger partial charge >= 0.3 is 0 Å². The molecule has 120 valence electrons. The Balaban J connectivity index is 2.01. The van der Waals surface area contributed by atoms with Crippen LogP contribution in [-0.2, 0) is 4.79 Å². The molecule has 1 aromatic carbocycles. The van der Waals surface area contributed by atoms with Gasteiger partial charge in [-0.2, -0.15) is 0 Å². The van der Waals surface area contributed by atoms with Crippen molar-refractivity contribution >= 4 is 17.5 Å². The maximum Gasteiger partial charge on any atom is 0.252 e. The summed E-state index contributed by atoms with van der Waals surface area (Å²) in [6.07, 6.45) is 3.14. The van der Waals surface area contributed by atoms with Gasteiger partial charge in [-0.15, -0.1) is 0 Å². The van der Waals surface area contributed by atoms with E-state index < -0.39 is 0 Å². The topological polar surface area (TPSA) is 62.3 Å². The summed E-state index contributed by atoms with van der Waals surface area (Å²) in [6.45, 7) is 6.32. The molecule has 5 nitrogen and oxygen atoms in total. The van der Waals surface area contributed by atoms with Crippen LogP contribution in [0.5, 0.6) is 0 Å². The molecular weight excluding hydrogens is 290 g/mol. The molecule has 0 fully saturated rings. The fraction of sp³-hybridized carbons (Fsp3) is 0.278. The first-order valence-corrected chi connectivity index (χ1v) is 7.52. The van der Waals surface area contributed by atoms with E-state index in [1.807, 2.05) is 26.0 Å². The predicted molar refractivity (Wildman–Crippen MR) is 90.5 cm³/mol. The molecule has 23 heavy (non-hydrogen) atoms. The molecule has 0 aliphatic rings. The Labute approximate surface area is 136 Å². The van der Waals surface area contributed by atoms with Gasteiger partial charge in [-0.25, -0.2) is 0 Å². The van der Waals surface area contributed by atoms with E-state index in [9.17, 15) is 9.59 Å². The number of nitrogens with zero attached hydrogens (tertiary/aromatic N) is 2. The fourth-order valence-corrected chi connectivity index (χ4v) is 2.46. The SMILES string of the molecule is CC(=O)N(CCNC(=O)c1cccnc1)c1cc(C)cc(C)c1. The second-order valence-corrected chi connectivity index (χ2v) is 5.51. The highest BCUT2D eigenvalue weighted by atomic mass is 16.2. The Morgan fingerprint density at radius 3 is 2.43 bits per heavy atom. The molecule has 0 atom stereocenters. The van der Waals surface area contributed by atoms with Crippen LogP contribution in [0.1, 0.15) is 28.4 Å². The number of amides is 2. The van der Waals surface area contributed by atoms with Crippen LogP contribution in [0.25, 0.3) is 0 Å². The van der Waals surface area contributed by atoms with E-state index >= 15 is 0 Å². The van der Waals surface area contributed by atoms with Crippen molar-refractivity contribution in [2.24, 2.45) is 0 Å². The number of hydrogen-bond acceptors (Lipinski definition) is 3. The zero-order valence-corrected chi connectivity index (χ0v) is 13.7. The fourth-order valence-electron chi connectivity index (χ4n) is 2.46. The predicted octanol–water partition coefficient (Wildman–Crippen LogP) is 2.48. The number of hydrogen-bond donors (Lipinski definition) is 1. The van der Waals surface area contributed by atoms with Crippen molar-refractivity contribution in [2.75, 3.05) is 18.0 Å². The lowest BCUT2D eigenvalue weighted by Crippen LogP contribution is -2.37. The summed E-state index contributed by atoms with van der Waals surface area (Å²) in [7, 11) is 0. The number of aromatic nitrogens is 1.